The fraction of sp³-hybridized carbons (Fsp3) is 0.714. The number of aryl methyl sites for hydroxylation is 2. The van der Waals surface area contributed by atoms with Crippen molar-refractivity contribution in [3.05, 3.63) is 23.7 Å². The van der Waals surface area contributed by atoms with E-state index in [-0.39, 0.29) is 0 Å². The van der Waals surface area contributed by atoms with Crippen molar-refractivity contribution in [3.63, 3.8) is 0 Å². The molecule has 0 saturated heterocycles. The highest BCUT2D eigenvalue weighted by atomic mass is 28.4. The van der Waals surface area contributed by atoms with E-state index in [0.717, 1.165) is 31.0 Å². The van der Waals surface area contributed by atoms with Crippen LogP contribution in [0.25, 0.3) is 0 Å². The van der Waals surface area contributed by atoms with Crippen molar-refractivity contribution in [1.29, 1.82) is 0 Å². The molecule has 1 aromatic heterocycles. The van der Waals surface area contributed by atoms with Gasteiger partial charge in [0.25, 0.3) is 0 Å². The molecular formula is C14H26O2Si. The van der Waals surface area contributed by atoms with Crippen LogP contribution in [0.4, 0.5) is 0 Å². The summed E-state index contributed by atoms with van der Waals surface area (Å²) < 4.78 is 11.7. The first-order valence-electron chi connectivity index (χ1n) is 6.42. The third-order valence-electron chi connectivity index (χ3n) is 3.63. The molecule has 0 aliphatic heterocycles. The van der Waals surface area contributed by atoms with Crippen molar-refractivity contribution < 1.29 is 8.84 Å². The van der Waals surface area contributed by atoms with Crippen molar-refractivity contribution in [2.75, 3.05) is 6.61 Å². The van der Waals surface area contributed by atoms with Crippen molar-refractivity contribution in [2.45, 2.75) is 58.7 Å². The van der Waals surface area contributed by atoms with Crippen LogP contribution < -0.4 is 0 Å². The fourth-order valence-electron chi connectivity index (χ4n) is 1.41. The maximum Gasteiger partial charge on any atom is 0.191 e. The van der Waals surface area contributed by atoms with Crippen LogP contribution in [0, 0.1) is 6.92 Å². The van der Waals surface area contributed by atoms with Gasteiger partial charge in [-0.05, 0) is 43.6 Å². The van der Waals surface area contributed by atoms with Crippen LogP contribution in [0.3, 0.4) is 0 Å². The summed E-state index contributed by atoms with van der Waals surface area (Å²) in [6, 6.07) is 4.08. The Labute approximate surface area is 106 Å². The number of hydrogen-bond donors (Lipinski definition) is 0. The maximum absolute atomic E-state index is 6.12. The lowest BCUT2D eigenvalue weighted by molar-refractivity contribution is 0.278. The van der Waals surface area contributed by atoms with Gasteiger partial charge in [0.15, 0.2) is 8.32 Å². The molecule has 2 nitrogen and oxygen atoms in total. The minimum absolute atomic E-state index is 0.300. The van der Waals surface area contributed by atoms with Crippen LogP contribution >= 0.6 is 0 Å². The van der Waals surface area contributed by atoms with E-state index in [4.69, 9.17) is 8.84 Å². The Balaban J connectivity index is 2.29. The SMILES string of the molecule is Cc1ccc(CCCO[Si](C)(C)C(C)(C)C)o1. The molecule has 98 valence electrons. The van der Waals surface area contributed by atoms with E-state index in [1.165, 1.54) is 0 Å². The van der Waals surface area contributed by atoms with E-state index in [1.54, 1.807) is 0 Å². The molecule has 0 aliphatic carbocycles. The van der Waals surface area contributed by atoms with Gasteiger partial charge in [0.2, 0.25) is 0 Å². The minimum atomic E-state index is -1.57. The summed E-state index contributed by atoms with van der Waals surface area (Å²) in [5.74, 6) is 2.06. The van der Waals surface area contributed by atoms with Crippen LogP contribution in [0.15, 0.2) is 16.5 Å². The van der Waals surface area contributed by atoms with Gasteiger partial charge in [-0.15, -0.1) is 0 Å². The van der Waals surface area contributed by atoms with Gasteiger partial charge in [-0.2, -0.15) is 0 Å². The normalized spacial score (nSPS) is 13.1. The molecule has 0 radical (unpaired) electrons. The van der Waals surface area contributed by atoms with Crippen LogP contribution in [-0.4, -0.2) is 14.9 Å². The van der Waals surface area contributed by atoms with Crippen molar-refractivity contribution in [3.8, 4) is 0 Å². The molecule has 0 aliphatic rings. The first-order chi connectivity index (χ1) is 7.72. The Morgan fingerprint density at radius 1 is 1.24 bits per heavy atom. The average molecular weight is 254 g/mol. The molecule has 0 saturated carbocycles. The van der Waals surface area contributed by atoms with Gasteiger partial charge in [0.1, 0.15) is 11.5 Å². The molecule has 0 fully saturated rings. The predicted molar refractivity (Wildman–Crippen MR) is 74.9 cm³/mol. The van der Waals surface area contributed by atoms with Gasteiger partial charge in [-0.25, -0.2) is 0 Å². The Morgan fingerprint density at radius 2 is 1.88 bits per heavy atom. The molecule has 0 N–H and O–H groups in total. The summed E-state index contributed by atoms with van der Waals surface area (Å²) >= 11 is 0. The Morgan fingerprint density at radius 3 is 2.35 bits per heavy atom. The summed E-state index contributed by atoms with van der Waals surface area (Å²) in [4.78, 5) is 0. The molecule has 0 atom stereocenters. The summed E-state index contributed by atoms with van der Waals surface area (Å²) in [5, 5.41) is 0.300. The smallest absolute Gasteiger partial charge is 0.191 e. The molecule has 3 heteroatoms. The van der Waals surface area contributed by atoms with Gasteiger partial charge >= 0.3 is 0 Å². The maximum atomic E-state index is 6.12. The average Bonchev–Trinajstić information content (AvgIpc) is 2.57. The minimum Gasteiger partial charge on any atom is -0.466 e. The Bertz CT molecular complexity index is 347. The van der Waals surface area contributed by atoms with Crippen molar-refractivity contribution >= 4 is 8.32 Å². The highest BCUT2D eigenvalue weighted by Gasteiger charge is 2.36. The summed E-state index contributed by atoms with van der Waals surface area (Å²) in [6.07, 6.45) is 2.02. The zero-order valence-corrected chi connectivity index (χ0v) is 13.1. The summed E-state index contributed by atoms with van der Waals surface area (Å²) in [5.41, 5.74) is 0. The molecule has 0 aromatic carbocycles. The highest BCUT2D eigenvalue weighted by Crippen LogP contribution is 2.36. The predicted octanol–water partition coefficient (Wildman–Crippen LogP) is 4.54. The second kappa shape index (κ2) is 5.40. The summed E-state index contributed by atoms with van der Waals surface area (Å²) in [6.45, 7) is 14.2. The lowest BCUT2D eigenvalue weighted by Gasteiger charge is -2.36. The first kappa shape index (κ1) is 14.5. The van der Waals surface area contributed by atoms with Crippen LogP contribution in [-0.2, 0) is 10.8 Å². The van der Waals surface area contributed by atoms with E-state index in [9.17, 15) is 0 Å². The number of hydrogen-bond acceptors (Lipinski definition) is 2. The molecule has 1 rings (SSSR count). The zero-order chi connectivity index (χ0) is 13.1. The van der Waals surface area contributed by atoms with E-state index >= 15 is 0 Å². The van der Waals surface area contributed by atoms with E-state index in [0.29, 0.717) is 5.04 Å². The molecule has 0 spiro atoms. The van der Waals surface area contributed by atoms with Crippen LogP contribution in [0.1, 0.15) is 38.7 Å². The number of rotatable bonds is 5. The molecule has 17 heavy (non-hydrogen) atoms. The standard InChI is InChI=1S/C14H26O2Si/c1-12-9-10-13(16-12)8-7-11-15-17(5,6)14(2,3)4/h9-10H,7-8,11H2,1-6H3. The quantitative estimate of drug-likeness (QED) is 0.568. The van der Waals surface area contributed by atoms with Crippen molar-refractivity contribution in [2.24, 2.45) is 0 Å². The Hall–Kier alpha value is -0.543. The second-order valence-corrected chi connectivity index (χ2v) is 11.0. The monoisotopic (exact) mass is 254 g/mol. The Kier molecular flexibility index (Phi) is 4.61. The highest BCUT2D eigenvalue weighted by molar-refractivity contribution is 6.74. The molecule has 1 aromatic rings. The third-order valence-corrected chi connectivity index (χ3v) is 8.17. The topological polar surface area (TPSA) is 22.4 Å². The van der Waals surface area contributed by atoms with Crippen LogP contribution in [0.2, 0.25) is 18.1 Å². The van der Waals surface area contributed by atoms with Gasteiger partial charge in [0, 0.05) is 13.0 Å². The van der Waals surface area contributed by atoms with Crippen molar-refractivity contribution in [1.82, 2.24) is 0 Å². The van der Waals surface area contributed by atoms with E-state index in [2.05, 4.69) is 39.9 Å². The third kappa shape index (κ3) is 4.32. The van der Waals surface area contributed by atoms with Gasteiger partial charge in [-0.1, -0.05) is 20.8 Å². The molecule has 1 heterocycles. The van der Waals surface area contributed by atoms with Gasteiger partial charge < -0.3 is 8.84 Å². The molecular weight excluding hydrogens is 228 g/mol. The van der Waals surface area contributed by atoms with Gasteiger partial charge in [0.05, 0.1) is 0 Å². The summed E-state index contributed by atoms with van der Waals surface area (Å²) in [7, 11) is -1.57. The van der Waals surface area contributed by atoms with Crippen LogP contribution in [0.5, 0.6) is 0 Å². The lowest BCUT2D eigenvalue weighted by Crippen LogP contribution is -2.41. The number of furan rings is 1. The first-order valence-corrected chi connectivity index (χ1v) is 9.32. The molecule has 0 bridgehead atoms. The zero-order valence-electron chi connectivity index (χ0n) is 12.1. The van der Waals surface area contributed by atoms with E-state index < -0.39 is 8.32 Å². The largest absolute Gasteiger partial charge is 0.466 e. The molecule has 0 amide bonds. The fourth-order valence-corrected chi connectivity index (χ4v) is 2.50. The van der Waals surface area contributed by atoms with Gasteiger partial charge in [-0.3, -0.25) is 0 Å². The second-order valence-electron chi connectivity index (χ2n) is 6.22. The van der Waals surface area contributed by atoms with E-state index in [1.807, 2.05) is 13.0 Å². The molecule has 0 unspecified atom stereocenters. The lowest BCUT2D eigenvalue weighted by atomic mass is 10.2.